The molecule has 0 aromatic carbocycles. The molecule has 1 unspecified atom stereocenters. The van der Waals surface area contributed by atoms with Crippen LogP contribution < -0.4 is 5.32 Å². The van der Waals surface area contributed by atoms with Crippen molar-refractivity contribution in [1.29, 1.82) is 0 Å². The van der Waals surface area contributed by atoms with Crippen molar-refractivity contribution in [3.05, 3.63) is 0 Å². The van der Waals surface area contributed by atoms with Gasteiger partial charge in [0.1, 0.15) is 6.23 Å². The molecule has 12 heavy (non-hydrogen) atoms. The van der Waals surface area contributed by atoms with Crippen LogP contribution >= 0.6 is 0 Å². The minimum Gasteiger partial charge on any atom is -0.378 e. The van der Waals surface area contributed by atoms with Gasteiger partial charge in [0.25, 0.3) is 0 Å². The zero-order valence-corrected chi connectivity index (χ0v) is 8.08. The predicted molar refractivity (Wildman–Crippen MR) is 49.9 cm³/mol. The van der Waals surface area contributed by atoms with Crippen molar-refractivity contribution < 1.29 is 5.11 Å². The molecule has 1 aliphatic rings. The first-order valence-corrected chi connectivity index (χ1v) is 4.84. The third-order valence-electron chi connectivity index (χ3n) is 2.62. The molecule has 0 aromatic heterocycles. The minimum atomic E-state index is -0.288. The topological polar surface area (TPSA) is 35.5 Å². The number of nitrogens with zero attached hydrogens (tertiary/aromatic N) is 1. The van der Waals surface area contributed by atoms with Crippen molar-refractivity contribution in [3.8, 4) is 0 Å². The van der Waals surface area contributed by atoms with Crippen LogP contribution in [0.15, 0.2) is 0 Å². The van der Waals surface area contributed by atoms with Gasteiger partial charge in [0.2, 0.25) is 0 Å². The number of likely N-dealkylation sites (tertiary alicyclic amines) is 1. The van der Waals surface area contributed by atoms with Crippen LogP contribution in [0.5, 0.6) is 0 Å². The van der Waals surface area contributed by atoms with E-state index in [2.05, 4.69) is 17.3 Å². The number of aliphatic hydroxyl groups excluding tert-OH is 1. The van der Waals surface area contributed by atoms with Crippen molar-refractivity contribution in [1.82, 2.24) is 10.2 Å². The number of rotatable bonds is 3. The van der Waals surface area contributed by atoms with Gasteiger partial charge in [-0.05, 0) is 39.5 Å². The fourth-order valence-corrected chi connectivity index (χ4v) is 1.72. The number of hydrogen-bond acceptors (Lipinski definition) is 3. The van der Waals surface area contributed by atoms with E-state index in [-0.39, 0.29) is 6.23 Å². The summed E-state index contributed by atoms with van der Waals surface area (Å²) in [5, 5.41) is 12.7. The predicted octanol–water partition coefficient (Wildman–Crippen LogP) is 0.256. The zero-order chi connectivity index (χ0) is 8.97. The minimum absolute atomic E-state index is 0.288. The van der Waals surface area contributed by atoms with Gasteiger partial charge < -0.3 is 10.0 Å². The highest BCUT2D eigenvalue weighted by Gasteiger charge is 2.22. The van der Waals surface area contributed by atoms with Crippen LogP contribution in [-0.2, 0) is 0 Å². The van der Waals surface area contributed by atoms with E-state index >= 15 is 0 Å². The van der Waals surface area contributed by atoms with Crippen LogP contribution in [0.25, 0.3) is 0 Å². The summed E-state index contributed by atoms with van der Waals surface area (Å²) in [6.45, 7) is 5.12. The van der Waals surface area contributed by atoms with Gasteiger partial charge in [-0.2, -0.15) is 0 Å². The molecule has 0 saturated carbocycles. The molecule has 1 aliphatic heterocycles. The Morgan fingerprint density at radius 1 is 1.50 bits per heavy atom. The largest absolute Gasteiger partial charge is 0.378 e. The lowest BCUT2D eigenvalue weighted by molar-refractivity contribution is 0.0423. The first kappa shape index (κ1) is 9.96. The summed E-state index contributed by atoms with van der Waals surface area (Å²) >= 11 is 0. The molecule has 1 rings (SSSR count). The Morgan fingerprint density at radius 2 is 2.08 bits per heavy atom. The molecule has 1 fully saturated rings. The average Bonchev–Trinajstić information content (AvgIpc) is 2.06. The first-order valence-electron chi connectivity index (χ1n) is 4.84. The lowest BCUT2D eigenvalue weighted by Crippen LogP contribution is -2.42. The zero-order valence-electron chi connectivity index (χ0n) is 8.08. The molecule has 2 N–H and O–H groups in total. The van der Waals surface area contributed by atoms with E-state index in [0.717, 1.165) is 32.5 Å². The molecular formula is C9H20N2O. The summed E-state index contributed by atoms with van der Waals surface area (Å²) in [7, 11) is 2.13. The highest BCUT2D eigenvalue weighted by molar-refractivity contribution is 4.74. The Balaban J connectivity index is 2.24. The summed E-state index contributed by atoms with van der Waals surface area (Å²) < 4.78 is 0. The van der Waals surface area contributed by atoms with Gasteiger partial charge in [-0.3, -0.25) is 5.32 Å². The van der Waals surface area contributed by atoms with Crippen LogP contribution in [-0.4, -0.2) is 42.9 Å². The standard InChI is InChI=1S/C9H20N2O/c1-3-10-9(12)8-4-6-11(2)7-5-8/h8-10,12H,3-7H2,1-2H3. The van der Waals surface area contributed by atoms with Crippen molar-refractivity contribution >= 4 is 0 Å². The smallest absolute Gasteiger partial charge is 0.107 e. The monoisotopic (exact) mass is 172 g/mol. The fourth-order valence-electron chi connectivity index (χ4n) is 1.72. The van der Waals surface area contributed by atoms with E-state index < -0.39 is 0 Å². The molecular weight excluding hydrogens is 152 g/mol. The third kappa shape index (κ3) is 2.73. The number of nitrogens with one attached hydrogen (secondary N) is 1. The van der Waals surface area contributed by atoms with Gasteiger partial charge in [-0.15, -0.1) is 0 Å². The van der Waals surface area contributed by atoms with E-state index in [1.165, 1.54) is 0 Å². The Bertz CT molecular complexity index is 122. The number of piperidine rings is 1. The summed E-state index contributed by atoms with van der Waals surface area (Å²) in [6.07, 6.45) is 1.94. The first-order chi connectivity index (χ1) is 5.74. The van der Waals surface area contributed by atoms with E-state index in [1.54, 1.807) is 0 Å². The fraction of sp³-hybridized carbons (Fsp3) is 1.00. The maximum Gasteiger partial charge on any atom is 0.107 e. The van der Waals surface area contributed by atoms with Gasteiger partial charge in [-0.25, -0.2) is 0 Å². The van der Waals surface area contributed by atoms with Gasteiger partial charge in [0, 0.05) is 5.92 Å². The Hall–Kier alpha value is -0.120. The molecule has 72 valence electrons. The second kappa shape index (κ2) is 4.80. The van der Waals surface area contributed by atoms with Crippen LogP contribution in [0.1, 0.15) is 19.8 Å². The number of aliphatic hydroxyl groups is 1. The van der Waals surface area contributed by atoms with Crippen LogP contribution in [0.3, 0.4) is 0 Å². The Kier molecular flexibility index (Phi) is 3.98. The molecule has 0 aromatic rings. The van der Waals surface area contributed by atoms with Crippen molar-refractivity contribution in [3.63, 3.8) is 0 Å². The van der Waals surface area contributed by atoms with Gasteiger partial charge >= 0.3 is 0 Å². The molecule has 3 heteroatoms. The quantitative estimate of drug-likeness (QED) is 0.599. The average molecular weight is 172 g/mol. The van der Waals surface area contributed by atoms with Crippen molar-refractivity contribution in [2.75, 3.05) is 26.7 Å². The molecule has 0 bridgehead atoms. The van der Waals surface area contributed by atoms with Crippen molar-refractivity contribution in [2.45, 2.75) is 26.0 Å². The van der Waals surface area contributed by atoms with Gasteiger partial charge in [-0.1, -0.05) is 6.92 Å². The summed E-state index contributed by atoms with van der Waals surface area (Å²) in [5.41, 5.74) is 0. The summed E-state index contributed by atoms with van der Waals surface area (Å²) in [6, 6.07) is 0. The highest BCUT2D eigenvalue weighted by Crippen LogP contribution is 2.18. The molecule has 1 heterocycles. The van der Waals surface area contributed by atoms with Crippen LogP contribution in [0.2, 0.25) is 0 Å². The second-order valence-corrected chi connectivity index (χ2v) is 3.64. The Morgan fingerprint density at radius 3 is 2.58 bits per heavy atom. The molecule has 0 radical (unpaired) electrons. The number of hydrogen-bond donors (Lipinski definition) is 2. The lowest BCUT2D eigenvalue weighted by atomic mass is 9.95. The molecule has 0 aliphatic carbocycles. The summed E-state index contributed by atoms with van der Waals surface area (Å²) in [4.78, 5) is 2.31. The van der Waals surface area contributed by atoms with Crippen molar-refractivity contribution in [2.24, 2.45) is 5.92 Å². The van der Waals surface area contributed by atoms with Gasteiger partial charge in [0.15, 0.2) is 0 Å². The van der Waals surface area contributed by atoms with Crippen LogP contribution in [0.4, 0.5) is 0 Å². The maximum absolute atomic E-state index is 9.63. The van der Waals surface area contributed by atoms with Gasteiger partial charge in [0.05, 0.1) is 0 Å². The van der Waals surface area contributed by atoms with E-state index in [0.29, 0.717) is 5.92 Å². The highest BCUT2D eigenvalue weighted by atomic mass is 16.3. The maximum atomic E-state index is 9.63. The molecule has 1 saturated heterocycles. The molecule has 0 spiro atoms. The third-order valence-corrected chi connectivity index (χ3v) is 2.62. The second-order valence-electron chi connectivity index (χ2n) is 3.64. The van der Waals surface area contributed by atoms with E-state index in [9.17, 15) is 5.11 Å². The van der Waals surface area contributed by atoms with Crippen LogP contribution in [0, 0.1) is 5.92 Å². The molecule has 0 amide bonds. The Labute approximate surface area is 74.8 Å². The summed E-state index contributed by atoms with van der Waals surface area (Å²) in [5.74, 6) is 0.459. The lowest BCUT2D eigenvalue weighted by Gasteiger charge is -2.32. The molecule has 3 nitrogen and oxygen atoms in total. The molecule has 1 atom stereocenters. The van der Waals surface area contributed by atoms with E-state index in [1.807, 2.05) is 6.92 Å². The SMILES string of the molecule is CCNC(O)C1CCN(C)CC1. The van der Waals surface area contributed by atoms with E-state index in [4.69, 9.17) is 0 Å². The normalized spacial score (nSPS) is 24.2.